The average molecular weight is 447 g/mol. The average Bonchev–Trinajstić information content (AvgIpc) is 2.72. The SMILES string of the molecule is CCCCCCCCCCCCCCc1c(C(N)=O)c(C(N)=O)cc(C(N)=O)c1C(N)=O. The van der Waals surface area contributed by atoms with E-state index in [2.05, 4.69) is 6.92 Å². The van der Waals surface area contributed by atoms with Gasteiger partial charge in [-0.1, -0.05) is 77.6 Å². The van der Waals surface area contributed by atoms with Gasteiger partial charge in [-0.2, -0.15) is 0 Å². The van der Waals surface area contributed by atoms with Gasteiger partial charge in [0.15, 0.2) is 0 Å². The van der Waals surface area contributed by atoms with Crippen LogP contribution >= 0.6 is 0 Å². The van der Waals surface area contributed by atoms with Crippen molar-refractivity contribution in [3.05, 3.63) is 33.9 Å². The number of carbonyl (C=O) groups is 4. The molecule has 0 aromatic heterocycles. The smallest absolute Gasteiger partial charge is 0.249 e. The molecule has 0 aliphatic heterocycles. The lowest BCUT2D eigenvalue weighted by atomic mass is 9.87. The third kappa shape index (κ3) is 8.32. The van der Waals surface area contributed by atoms with Crippen molar-refractivity contribution in [2.75, 3.05) is 0 Å². The summed E-state index contributed by atoms with van der Waals surface area (Å²) in [7, 11) is 0. The summed E-state index contributed by atoms with van der Waals surface area (Å²) < 4.78 is 0. The quantitative estimate of drug-likeness (QED) is 0.269. The van der Waals surface area contributed by atoms with Crippen LogP contribution in [0.3, 0.4) is 0 Å². The minimum Gasteiger partial charge on any atom is -0.366 e. The number of primary amides is 4. The van der Waals surface area contributed by atoms with Crippen LogP contribution in [-0.4, -0.2) is 23.6 Å². The second kappa shape index (κ2) is 14.2. The predicted octanol–water partition coefficient (Wildman–Crippen LogP) is 3.33. The molecule has 8 heteroatoms. The van der Waals surface area contributed by atoms with Gasteiger partial charge in [-0.3, -0.25) is 19.2 Å². The van der Waals surface area contributed by atoms with Crippen molar-refractivity contribution in [2.24, 2.45) is 22.9 Å². The maximum atomic E-state index is 12.1. The second-order valence-corrected chi connectivity index (χ2v) is 8.30. The van der Waals surface area contributed by atoms with Gasteiger partial charge in [0.05, 0.1) is 22.3 Å². The molecule has 0 aliphatic carbocycles. The first-order valence-electron chi connectivity index (χ1n) is 11.6. The van der Waals surface area contributed by atoms with E-state index in [0.717, 1.165) is 25.3 Å². The molecule has 0 heterocycles. The predicted molar refractivity (Wildman–Crippen MR) is 125 cm³/mol. The van der Waals surface area contributed by atoms with Gasteiger partial charge in [0.2, 0.25) is 23.6 Å². The minimum absolute atomic E-state index is 0.167. The summed E-state index contributed by atoms with van der Waals surface area (Å²) in [4.78, 5) is 47.8. The van der Waals surface area contributed by atoms with Crippen LogP contribution in [0.15, 0.2) is 6.07 Å². The summed E-state index contributed by atoms with van der Waals surface area (Å²) in [6.45, 7) is 2.22. The highest BCUT2D eigenvalue weighted by Crippen LogP contribution is 2.26. The van der Waals surface area contributed by atoms with Crippen LogP contribution in [0.2, 0.25) is 0 Å². The Kier molecular flexibility index (Phi) is 12.1. The maximum absolute atomic E-state index is 12.1. The number of nitrogens with two attached hydrogens (primary N) is 4. The molecule has 0 saturated heterocycles. The molecule has 8 N–H and O–H groups in total. The third-order valence-electron chi connectivity index (χ3n) is 5.73. The highest BCUT2D eigenvalue weighted by Gasteiger charge is 2.27. The molecule has 0 bridgehead atoms. The molecule has 8 nitrogen and oxygen atoms in total. The Morgan fingerprint density at radius 1 is 0.562 bits per heavy atom. The monoisotopic (exact) mass is 446 g/mol. The van der Waals surface area contributed by atoms with Gasteiger partial charge in [0, 0.05) is 0 Å². The normalized spacial score (nSPS) is 10.8. The largest absolute Gasteiger partial charge is 0.366 e. The first-order chi connectivity index (χ1) is 15.2. The molecular formula is C24H38N4O4. The fourth-order valence-corrected chi connectivity index (χ4v) is 4.08. The molecule has 1 rings (SSSR count). The van der Waals surface area contributed by atoms with E-state index in [4.69, 9.17) is 22.9 Å². The highest BCUT2D eigenvalue weighted by molar-refractivity contribution is 6.14. The van der Waals surface area contributed by atoms with Gasteiger partial charge in [-0.05, 0) is 24.5 Å². The Balaban J connectivity index is 2.75. The molecule has 0 atom stereocenters. The Morgan fingerprint density at radius 2 is 0.906 bits per heavy atom. The lowest BCUT2D eigenvalue weighted by Gasteiger charge is -2.17. The molecule has 178 valence electrons. The summed E-state index contributed by atoms with van der Waals surface area (Å²) in [6.07, 6.45) is 14.1. The lowest BCUT2D eigenvalue weighted by Crippen LogP contribution is -2.29. The van der Waals surface area contributed by atoms with E-state index in [1.54, 1.807) is 0 Å². The van der Waals surface area contributed by atoms with E-state index in [9.17, 15) is 19.2 Å². The Labute approximate surface area is 190 Å². The minimum atomic E-state index is -0.937. The van der Waals surface area contributed by atoms with E-state index in [-0.39, 0.29) is 34.2 Å². The summed E-state index contributed by atoms with van der Waals surface area (Å²) in [5.74, 6) is -3.70. The van der Waals surface area contributed by atoms with Crippen LogP contribution in [0.5, 0.6) is 0 Å². The molecule has 32 heavy (non-hydrogen) atoms. The van der Waals surface area contributed by atoms with Gasteiger partial charge < -0.3 is 22.9 Å². The van der Waals surface area contributed by atoms with Crippen molar-refractivity contribution >= 4 is 23.6 Å². The Bertz CT molecular complexity index is 770. The van der Waals surface area contributed by atoms with E-state index in [1.807, 2.05) is 0 Å². The fraction of sp³-hybridized carbons (Fsp3) is 0.583. The number of amides is 4. The van der Waals surface area contributed by atoms with Gasteiger partial charge in [-0.25, -0.2) is 0 Å². The summed E-state index contributed by atoms with van der Waals surface area (Å²) in [5.41, 5.74) is 21.1. The van der Waals surface area contributed by atoms with Crippen LogP contribution < -0.4 is 22.9 Å². The molecular weight excluding hydrogens is 408 g/mol. The molecule has 0 unspecified atom stereocenters. The molecule has 0 fully saturated rings. The first-order valence-corrected chi connectivity index (χ1v) is 11.6. The standard InChI is InChI=1S/C24H38N4O4/c1-2-3-4-5-6-7-8-9-10-11-12-13-14-16-19(23(27)31)17(21(25)29)15-18(22(26)30)20(16)24(28)32/h15H,2-14H2,1H3,(H2,25,29)(H2,26,30)(H2,27,31)(H2,28,32). The Hall–Kier alpha value is -2.90. The number of unbranched alkanes of at least 4 members (excludes halogenated alkanes) is 11. The topological polar surface area (TPSA) is 172 Å². The van der Waals surface area contributed by atoms with E-state index in [1.165, 1.54) is 51.4 Å². The summed E-state index contributed by atoms with van der Waals surface area (Å²) in [5, 5.41) is 0. The van der Waals surface area contributed by atoms with Crippen molar-refractivity contribution in [3.63, 3.8) is 0 Å². The number of carbonyl (C=O) groups excluding carboxylic acids is 4. The third-order valence-corrected chi connectivity index (χ3v) is 5.73. The zero-order valence-electron chi connectivity index (χ0n) is 19.2. The number of hydrogen-bond donors (Lipinski definition) is 4. The van der Waals surface area contributed by atoms with Crippen molar-refractivity contribution in [1.29, 1.82) is 0 Å². The molecule has 0 saturated carbocycles. The van der Waals surface area contributed by atoms with Crippen LogP contribution in [-0.2, 0) is 6.42 Å². The van der Waals surface area contributed by atoms with Crippen molar-refractivity contribution in [1.82, 2.24) is 0 Å². The molecule has 0 aliphatic rings. The number of benzene rings is 1. The zero-order chi connectivity index (χ0) is 24.1. The maximum Gasteiger partial charge on any atom is 0.249 e. The second-order valence-electron chi connectivity index (χ2n) is 8.30. The summed E-state index contributed by atoms with van der Waals surface area (Å²) in [6, 6.07) is 1.02. The first kappa shape index (κ1) is 27.1. The zero-order valence-corrected chi connectivity index (χ0v) is 19.2. The summed E-state index contributed by atoms with van der Waals surface area (Å²) >= 11 is 0. The Morgan fingerprint density at radius 3 is 1.22 bits per heavy atom. The number of hydrogen-bond acceptors (Lipinski definition) is 4. The van der Waals surface area contributed by atoms with E-state index < -0.39 is 23.6 Å². The molecule has 1 aromatic rings. The van der Waals surface area contributed by atoms with Crippen molar-refractivity contribution < 1.29 is 19.2 Å². The van der Waals surface area contributed by atoms with Crippen molar-refractivity contribution in [2.45, 2.75) is 90.4 Å². The van der Waals surface area contributed by atoms with Crippen LogP contribution in [0.25, 0.3) is 0 Å². The molecule has 1 aromatic carbocycles. The van der Waals surface area contributed by atoms with Crippen LogP contribution in [0.1, 0.15) is 131 Å². The van der Waals surface area contributed by atoms with E-state index in [0.29, 0.717) is 6.42 Å². The molecule has 0 radical (unpaired) electrons. The molecule has 4 amide bonds. The van der Waals surface area contributed by atoms with Gasteiger partial charge in [-0.15, -0.1) is 0 Å². The van der Waals surface area contributed by atoms with Crippen LogP contribution in [0.4, 0.5) is 0 Å². The molecule has 0 spiro atoms. The highest BCUT2D eigenvalue weighted by atomic mass is 16.2. The van der Waals surface area contributed by atoms with Gasteiger partial charge in [0.1, 0.15) is 0 Å². The number of rotatable bonds is 17. The van der Waals surface area contributed by atoms with Crippen molar-refractivity contribution in [3.8, 4) is 0 Å². The van der Waals surface area contributed by atoms with Gasteiger partial charge in [0.25, 0.3) is 0 Å². The fourth-order valence-electron chi connectivity index (χ4n) is 4.08. The van der Waals surface area contributed by atoms with E-state index >= 15 is 0 Å². The van der Waals surface area contributed by atoms with Gasteiger partial charge >= 0.3 is 0 Å². The lowest BCUT2D eigenvalue weighted by molar-refractivity contribution is 0.0955. The van der Waals surface area contributed by atoms with Crippen LogP contribution in [0, 0.1) is 0 Å².